The number of benzene rings is 1. The van der Waals surface area contributed by atoms with E-state index in [0.717, 1.165) is 5.56 Å². The molecule has 0 N–H and O–H groups in total. The van der Waals surface area contributed by atoms with Gasteiger partial charge in [-0.15, -0.1) is 0 Å². The molecule has 0 aliphatic rings. The average molecular weight is 212 g/mol. The highest BCUT2D eigenvalue weighted by Crippen LogP contribution is 2.20. The van der Waals surface area contributed by atoms with Gasteiger partial charge in [0.15, 0.2) is 5.78 Å². The van der Waals surface area contributed by atoms with Crippen LogP contribution in [0.3, 0.4) is 0 Å². The third-order valence-corrected chi connectivity index (χ3v) is 2.34. The quantitative estimate of drug-likeness (QED) is 0.719. The first kappa shape index (κ1) is 10.5. The maximum absolute atomic E-state index is 11.5. The number of carbonyl (C=O) groups excluding carboxylic acids is 1. The van der Waals surface area contributed by atoms with E-state index in [4.69, 9.17) is 0 Å². The molecule has 16 heavy (non-hydrogen) atoms. The zero-order chi connectivity index (χ0) is 11.5. The van der Waals surface area contributed by atoms with Gasteiger partial charge in [0.25, 0.3) is 0 Å². The fraction of sp³-hybridized carbons (Fsp3) is 0.154. The predicted molar refractivity (Wildman–Crippen MR) is 62.2 cm³/mol. The molecule has 0 bridgehead atoms. The molecule has 0 aliphatic heterocycles. The Bertz CT molecular complexity index is 521. The molecule has 0 amide bonds. The molecule has 2 aromatic rings. The summed E-state index contributed by atoms with van der Waals surface area (Å²) in [7, 11) is 0. The number of ketones is 1. The lowest BCUT2D eigenvalue weighted by atomic mass is 10.1. The van der Waals surface area contributed by atoms with Crippen LogP contribution in [-0.2, 0) is 0 Å². The normalized spacial score (nSPS) is 10.1. The molecule has 2 rings (SSSR count). The van der Waals surface area contributed by atoms with Crippen LogP contribution in [0.25, 0.3) is 11.3 Å². The number of hydrogen-bond donors (Lipinski definition) is 0. The second-order valence-electron chi connectivity index (χ2n) is 3.60. The van der Waals surface area contributed by atoms with Crippen molar-refractivity contribution < 1.29 is 4.79 Å². The van der Waals surface area contributed by atoms with Crippen molar-refractivity contribution in [3.63, 3.8) is 0 Å². The van der Waals surface area contributed by atoms with Crippen LogP contribution >= 0.6 is 0 Å². The van der Waals surface area contributed by atoms with Gasteiger partial charge in [0.05, 0.1) is 11.3 Å². The SMILES string of the molecule is CC(=O)c1cnc(C)nc1-c1ccccc1. The van der Waals surface area contributed by atoms with Crippen LogP contribution in [-0.4, -0.2) is 15.8 Å². The smallest absolute Gasteiger partial charge is 0.163 e. The molecule has 1 aromatic heterocycles. The van der Waals surface area contributed by atoms with Crippen molar-refractivity contribution in [2.45, 2.75) is 13.8 Å². The lowest BCUT2D eigenvalue weighted by Gasteiger charge is -2.06. The Morgan fingerprint density at radius 1 is 1.19 bits per heavy atom. The van der Waals surface area contributed by atoms with Gasteiger partial charge in [-0.05, 0) is 13.8 Å². The van der Waals surface area contributed by atoms with E-state index in [2.05, 4.69) is 9.97 Å². The summed E-state index contributed by atoms with van der Waals surface area (Å²) in [6.45, 7) is 3.34. The summed E-state index contributed by atoms with van der Waals surface area (Å²) >= 11 is 0. The van der Waals surface area contributed by atoms with E-state index >= 15 is 0 Å². The summed E-state index contributed by atoms with van der Waals surface area (Å²) in [5, 5.41) is 0. The van der Waals surface area contributed by atoms with E-state index < -0.39 is 0 Å². The lowest BCUT2D eigenvalue weighted by Crippen LogP contribution is -2.02. The summed E-state index contributed by atoms with van der Waals surface area (Å²) in [5.41, 5.74) is 2.22. The van der Waals surface area contributed by atoms with Crippen molar-refractivity contribution in [2.24, 2.45) is 0 Å². The Balaban J connectivity index is 2.63. The zero-order valence-corrected chi connectivity index (χ0v) is 9.27. The Labute approximate surface area is 94.2 Å². The fourth-order valence-electron chi connectivity index (χ4n) is 1.54. The first-order valence-corrected chi connectivity index (χ1v) is 5.08. The predicted octanol–water partition coefficient (Wildman–Crippen LogP) is 2.65. The maximum Gasteiger partial charge on any atom is 0.163 e. The number of aryl methyl sites for hydroxylation is 1. The van der Waals surface area contributed by atoms with E-state index in [1.54, 1.807) is 6.20 Å². The molecule has 3 nitrogen and oxygen atoms in total. The number of rotatable bonds is 2. The van der Waals surface area contributed by atoms with Crippen LogP contribution in [0, 0.1) is 6.92 Å². The first-order valence-electron chi connectivity index (χ1n) is 5.08. The summed E-state index contributed by atoms with van der Waals surface area (Å²) in [6.07, 6.45) is 1.59. The van der Waals surface area contributed by atoms with Crippen LogP contribution in [0.2, 0.25) is 0 Å². The molecule has 0 saturated heterocycles. The summed E-state index contributed by atoms with van der Waals surface area (Å²) in [5.74, 6) is 0.655. The van der Waals surface area contributed by atoms with Crippen molar-refractivity contribution in [3.8, 4) is 11.3 Å². The van der Waals surface area contributed by atoms with E-state index in [1.165, 1.54) is 6.92 Å². The number of nitrogens with zero attached hydrogens (tertiary/aromatic N) is 2. The van der Waals surface area contributed by atoms with Gasteiger partial charge in [0, 0.05) is 11.8 Å². The Hall–Kier alpha value is -2.03. The zero-order valence-electron chi connectivity index (χ0n) is 9.27. The van der Waals surface area contributed by atoms with Gasteiger partial charge in [0.2, 0.25) is 0 Å². The number of Topliss-reactive ketones (excluding diaryl/α,β-unsaturated/α-hetero) is 1. The first-order chi connectivity index (χ1) is 7.68. The highest BCUT2D eigenvalue weighted by Gasteiger charge is 2.11. The third kappa shape index (κ3) is 1.98. The molecular formula is C13H12N2O. The molecule has 0 saturated carbocycles. The van der Waals surface area contributed by atoms with Crippen LogP contribution in [0.4, 0.5) is 0 Å². The Morgan fingerprint density at radius 2 is 1.88 bits per heavy atom. The molecule has 0 aliphatic carbocycles. The van der Waals surface area contributed by atoms with E-state index in [0.29, 0.717) is 17.1 Å². The second kappa shape index (κ2) is 4.23. The van der Waals surface area contributed by atoms with Crippen LogP contribution < -0.4 is 0 Å². The Morgan fingerprint density at radius 3 is 2.50 bits per heavy atom. The van der Waals surface area contributed by atoms with Crippen molar-refractivity contribution in [3.05, 3.63) is 47.9 Å². The molecule has 0 unspecified atom stereocenters. The van der Waals surface area contributed by atoms with E-state index in [-0.39, 0.29) is 5.78 Å². The molecule has 1 aromatic carbocycles. The van der Waals surface area contributed by atoms with Crippen LogP contribution in [0.5, 0.6) is 0 Å². The number of hydrogen-bond acceptors (Lipinski definition) is 3. The summed E-state index contributed by atoms with van der Waals surface area (Å²) in [4.78, 5) is 19.9. The van der Waals surface area contributed by atoms with Gasteiger partial charge < -0.3 is 0 Å². The molecule has 1 heterocycles. The summed E-state index contributed by atoms with van der Waals surface area (Å²) < 4.78 is 0. The fourth-order valence-corrected chi connectivity index (χ4v) is 1.54. The van der Waals surface area contributed by atoms with Gasteiger partial charge in [-0.25, -0.2) is 9.97 Å². The monoisotopic (exact) mass is 212 g/mol. The van der Waals surface area contributed by atoms with Crippen molar-refractivity contribution in [1.82, 2.24) is 9.97 Å². The largest absolute Gasteiger partial charge is 0.294 e. The minimum atomic E-state index is -0.0150. The van der Waals surface area contributed by atoms with Gasteiger partial charge in [-0.2, -0.15) is 0 Å². The van der Waals surface area contributed by atoms with Gasteiger partial charge in [0.1, 0.15) is 5.82 Å². The standard InChI is InChI=1S/C13H12N2O/c1-9(16)12-8-14-10(2)15-13(12)11-6-4-3-5-7-11/h3-8H,1-2H3. The van der Waals surface area contributed by atoms with Crippen LogP contribution in [0.1, 0.15) is 23.1 Å². The molecule has 80 valence electrons. The highest BCUT2D eigenvalue weighted by atomic mass is 16.1. The molecule has 0 atom stereocenters. The number of aromatic nitrogens is 2. The molecule has 0 radical (unpaired) electrons. The van der Waals surface area contributed by atoms with Gasteiger partial charge in [-0.1, -0.05) is 30.3 Å². The Kier molecular flexibility index (Phi) is 2.77. The summed E-state index contributed by atoms with van der Waals surface area (Å²) in [6, 6.07) is 9.67. The maximum atomic E-state index is 11.5. The lowest BCUT2D eigenvalue weighted by molar-refractivity contribution is 0.101. The van der Waals surface area contributed by atoms with Crippen molar-refractivity contribution in [2.75, 3.05) is 0 Å². The minimum absolute atomic E-state index is 0.0150. The highest BCUT2D eigenvalue weighted by molar-refractivity contribution is 5.99. The molecule has 3 heteroatoms. The van der Waals surface area contributed by atoms with Crippen molar-refractivity contribution in [1.29, 1.82) is 0 Å². The van der Waals surface area contributed by atoms with E-state index in [1.807, 2.05) is 37.3 Å². The molecular weight excluding hydrogens is 200 g/mol. The second-order valence-corrected chi connectivity index (χ2v) is 3.60. The average Bonchev–Trinajstić information content (AvgIpc) is 2.29. The molecule has 0 spiro atoms. The van der Waals surface area contributed by atoms with Crippen molar-refractivity contribution >= 4 is 5.78 Å². The number of carbonyl (C=O) groups is 1. The topological polar surface area (TPSA) is 42.9 Å². The third-order valence-electron chi connectivity index (χ3n) is 2.34. The van der Waals surface area contributed by atoms with Gasteiger partial charge in [-0.3, -0.25) is 4.79 Å². The van der Waals surface area contributed by atoms with Crippen LogP contribution in [0.15, 0.2) is 36.5 Å². The van der Waals surface area contributed by atoms with Gasteiger partial charge >= 0.3 is 0 Å². The minimum Gasteiger partial charge on any atom is -0.294 e. The molecule has 0 fully saturated rings. The van der Waals surface area contributed by atoms with E-state index in [9.17, 15) is 4.79 Å².